The van der Waals surface area contributed by atoms with Crippen LogP contribution < -0.4 is 10.2 Å². The minimum absolute atomic E-state index is 0.0895. The Morgan fingerprint density at radius 1 is 1.67 bits per heavy atom. The number of hydrogen-bond donors (Lipinski definition) is 2. The van der Waals surface area contributed by atoms with E-state index in [1.165, 1.54) is 0 Å². The summed E-state index contributed by atoms with van der Waals surface area (Å²) in [4.78, 5) is 2.08. The number of nitrogens with zero attached hydrogens (tertiary/aromatic N) is 2. The van der Waals surface area contributed by atoms with Gasteiger partial charge in [-0.3, -0.25) is 0 Å². The number of rotatable bonds is 2. The van der Waals surface area contributed by atoms with E-state index in [0.717, 1.165) is 11.4 Å². The Labute approximate surface area is 88.7 Å². The topological polar surface area (TPSA) is 59.3 Å². The van der Waals surface area contributed by atoms with E-state index in [0.29, 0.717) is 12.2 Å². The summed E-state index contributed by atoms with van der Waals surface area (Å²) < 4.78 is 0. The lowest BCUT2D eigenvalue weighted by molar-refractivity contribution is 0.269. The number of nitriles is 1. The van der Waals surface area contributed by atoms with Gasteiger partial charge in [-0.15, -0.1) is 0 Å². The molecule has 0 bridgehead atoms. The highest BCUT2D eigenvalue weighted by molar-refractivity contribution is 5.76. The number of nitrogens with one attached hydrogen (secondary N) is 1. The van der Waals surface area contributed by atoms with Crippen LogP contribution in [0.3, 0.4) is 0 Å². The highest BCUT2D eigenvalue weighted by Crippen LogP contribution is 2.33. The first-order valence-corrected chi connectivity index (χ1v) is 4.92. The molecule has 15 heavy (non-hydrogen) atoms. The van der Waals surface area contributed by atoms with Gasteiger partial charge in [0.25, 0.3) is 0 Å². The molecule has 0 radical (unpaired) electrons. The Morgan fingerprint density at radius 3 is 3.13 bits per heavy atom. The lowest BCUT2D eigenvalue weighted by Crippen LogP contribution is -2.35. The molecule has 1 atom stereocenters. The molecule has 0 unspecified atom stereocenters. The molecule has 4 heteroatoms. The average Bonchev–Trinajstić information content (AvgIpc) is 2.70. The van der Waals surface area contributed by atoms with Crippen LogP contribution in [-0.4, -0.2) is 24.4 Å². The molecule has 0 aliphatic carbocycles. The normalized spacial score (nSPS) is 15.4. The zero-order valence-electron chi connectivity index (χ0n) is 8.57. The maximum Gasteiger partial charge on any atom is 0.0992 e. The van der Waals surface area contributed by atoms with Gasteiger partial charge in [0.15, 0.2) is 0 Å². The molecule has 0 amide bonds. The molecule has 0 saturated heterocycles. The van der Waals surface area contributed by atoms with Gasteiger partial charge in [0.05, 0.1) is 42.3 Å². The molecule has 1 aliphatic rings. The molecule has 4 nitrogen and oxygen atoms in total. The van der Waals surface area contributed by atoms with Crippen LogP contribution >= 0.6 is 0 Å². The fourth-order valence-corrected chi connectivity index (χ4v) is 1.74. The Bertz CT molecular complexity index is 411. The summed E-state index contributed by atoms with van der Waals surface area (Å²) in [6.45, 7) is 2.78. The van der Waals surface area contributed by atoms with Crippen LogP contribution in [0.15, 0.2) is 18.2 Å². The lowest BCUT2D eigenvalue weighted by Gasteiger charge is -2.24. The van der Waals surface area contributed by atoms with Gasteiger partial charge >= 0.3 is 0 Å². The predicted molar refractivity (Wildman–Crippen MR) is 58.7 cm³/mol. The minimum atomic E-state index is 0.0895. The Kier molecular flexibility index (Phi) is 2.48. The third kappa shape index (κ3) is 1.62. The Balaban J connectivity index is 2.33. The van der Waals surface area contributed by atoms with Gasteiger partial charge in [0.2, 0.25) is 0 Å². The molecule has 2 N–H and O–H groups in total. The van der Waals surface area contributed by atoms with E-state index in [-0.39, 0.29) is 12.6 Å². The van der Waals surface area contributed by atoms with Crippen molar-refractivity contribution in [2.75, 3.05) is 23.5 Å². The molecule has 1 aliphatic heterocycles. The molecule has 1 aromatic rings. The van der Waals surface area contributed by atoms with Crippen molar-refractivity contribution in [2.24, 2.45) is 0 Å². The van der Waals surface area contributed by atoms with Gasteiger partial charge in [-0.1, -0.05) is 0 Å². The summed E-state index contributed by atoms with van der Waals surface area (Å²) in [6.07, 6.45) is 0. The van der Waals surface area contributed by atoms with Gasteiger partial charge in [-0.2, -0.15) is 5.26 Å². The van der Waals surface area contributed by atoms with Crippen molar-refractivity contribution in [1.29, 1.82) is 5.26 Å². The maximum absolute atomic E-state index is 9.10. The zero-order chi connectivity index (χ0) is 10.8. The monoisotopic (exact) mass is 203 g/mol. The van der Waals surface area contributed by atoms with Gasteiger partial charge in [-0.05, 0) is 25.1 Å². The summed E-state index contributed by atoms with van der Waals surface area (Å²) in [5.41, 5.74) is 2.67. The van der Waals surface area contributed by atoms with Crippen molar-refractivity contribution in [2.45, 2.75) is 13.0 Å². The number of aliphatic hydroxyl groups excluding tert-OH is 1. The van der Waals surface area contributed by atoms with Crippen LogP contribution in [0.1, 0.15) is 12.5 Å². The molecule has 0 spiro atoms. The van der Waals surface area contributed by atoms with Crippen molar-refractivity contribution in [3.8, 4) is 6.07 Å². The molecule has 0 saturated carbocycles. The van der Waals surface area contributed by atoms with Crippen LogP contribution in [0.4, 0.5) is 11.4 Å². The average molecular weight is 203 g/mol. The number of anilines is 2. The third-order valence-corrected chi connectivity index (χ3v) is 2.67. The lowest BCUT2D eigenvalue weighted by atomic mass is 10.1. The molecule has 0 fully saturated rings. The second kappa shape index (κ2) is 3.79. The number of hydrogen-bond acceptors (Lipinski definition) is 4. The molecular weight excluding hydrogens is 190 g/mol. The first-order chi connectivity index (χ1) is 7.26. The second-order valence-corrected chi connectivity index (χ2v) is 3.68. The number of aliphatic hydroxyl groups is 1. The molecule has 0 aromatic heterocycles. The van der Waals surface area contributed by atoms with Gasteiger partial charge in [-0.25, -0.2) is 0 Å². The van der Waals surface area contributed by atoms with Crippen LogP contribution in [-0.2, 0) is 0 Å². The predicted octanol–water partition coefficient (Wildman–Crippen LogP) is 1.13. The van der Waals surface area contributed by atoms with Crippen LogP contribution in [0.2, 0.25) is 0 Å². The molecule has 1 aromatic carbocycles. The summed E-state index contributed by atoms with van der Waals surface area (Å²) in [7, 11) is 0. The summed E-state index contributed by atoms with van der Waals surface area (Å²) in [6, 6.07) is 7.74. The summed E-state index contributed by atoms with van der Waals surface area (Å²) in [5.74, 6) is 0. The van der Waals surface area contributed by atoms with Crippen molar-refractivity contribution in [3.05, 3.63) is 23.8 Å². The maximum atomic E-state index is 9.10. The van der Waals surface area contributed by atoms with Crippen molar-refractivity contribution >= 4 is 11.4 Å². The van der Waals surface area contributed by atoms with Crippen LogP contribution in [0, 0.1) is 11.3 Å². The molecular formula is C11H13N3O. The standard InChI is InChI=1S/C11H13N3O/c1-8(6-15)14-7-13-10-4-9(5-12)2-3-11(10)14/h2-4,8,13,15H,6-7H2,1H3/t8-/m1/s1. The van der Waals surface area contributed by atoms with E-state index in [9.17, 15) is 0 Å². The first kappa shape index (κ1) is 9.81. The van der Waals surface area contributed by atoms with E-state index < -0.39 is 0 Å². The Morgan fingerprint density at radius 2 is 2.47 bits per heavy atom. The van der Waals surface area contributed by atoms with Gasteiger partial charge in [0.1, 0.15) is 0 Å². The van der Waals surface area contributed by atoms with Gasteiger partial charge in [0, 0.05) is 0 Å². The van der Waals surface area contributed by atoms with Gasteiger partial charge < -0.3 is 15.3 Å². The quantitative estimate of drug-likeness (QED) is 0.756. The van der Waals surface area contributed by atoms with E-state index >= 15 is 0 Å². The number of benzene rings is 1. The second-order valence-electron chi connectivity index (χ2n) is 3.68. The summed E-state index contributed by atoms with van der Waals surface area (Å²) in [5, 5.41) is 21.1. The van der Waals surface area contributed by atoms with E-state index in [1.54, 1.807) is 6.07 Å². The van der Waals surface area contributed by atoms with Crippen molar-refractivity contribution in [3.63, 3.8) is 0 Å². The number of fused-ring (bicyclic) bond motifs is 1. The third-order valence-electron chi connectivity index (χ3n) is 2.67. The van der Waals surface area contributed by atoms with E-state index in [4.69, 9.17) is 10.4 Å². The fraction of sp³-hybridized carbons (Fsp3) is 0.364. The smallest absolute Gasteiger partial charge is 0.0992 e. The van der Waals surface area contributed by atoms with E-state index in [1.807, 2.05) is 19.1 Å². The van der Waals surface area contributed by atoms with Crippen molar-refractivity contribution < 1.29 is 5.11 Å². The van der Waals surface area contributed by atoms with E-state index in [2.05, 4.69) is 16.3 Å². The molecule has 2 rings (SSSR count). The highest BCUT2D eigenvalue weighted by Gasteiger charge is 2.22. The van der Waals surface area contributed by atoms with Crippen LogP contribution in [0.5, 0.6) is 0 Å². The largest absolute Gasteiger partial charge is 0.394 e. The Hall–Kier alpha value is -1.73. The highest BCUT2D eigenvalue weighted by atomic mass is 16.3. The molecule has 1 heterocycles. The van der Waals surface area contributed by atoms with Crippen molar-refractivity contribution in [1.82, 2.24) is 0 Å². The SMILES string of the molecule is C[C@H](CO)N1CNc2cc(C#N)ccc21. The first-order valence-electron chi connectivity index (χ1n) is 4.92. The van der Waals surface area contributed by atoms with Crippen LogP contribution in [0.25, 0.3) is 0 Å². The summed E-state index contributed by atoms with van der Waals surface area (Å²) >= 11 is 0. The molecule has 78 valence electrons. The minimum Gasteiger partial charge on any atom is -0.394 e. The fourth-order valence-electron chi connectivity index (χ4n) is 1.74. The zero-order valence-corrected chi connectivity index (χ0v) is 8.57.